The zero-order valence-corrected chi connectivity index (χ0v) is 13.8. The van der Waals surface area contributed by atoms with E-state index in [0.717, 1.165) is 30.6 Å². The largest absolute Gasteiger partial charge is 0.487 e. The maximum absolute atomic E-state index is 12.4. The summed E-state index contributed by atoms with van der Waals surface area (Å²) >= 11 is 0. The van der Waals surface area contributed by atoms with Crippen LogP contribution >= 0.6 is 0 Å². The van der Waals surface area contributed by atoms with Crippen molar-refractivity contribution in [2.24, 2.45) is 5.41 Å². The normalized spacial score (nSPS) is 20.3. The number of ether oxygens (including phenoxy) is 1. The third-order valence-corrected chi connectivity index (χ3v) is 4.47. The van der Waals surface area contributed by atoms with Crippen molar-refractivity contribution in [3.05, 3.63) is 29.8 Å². The Hall–Kier alpha value is -1.51. The van der Waals surface area contributed by atoms with Crippen molar-refractivity contribution in [1.29, 1.82) is 0 Å². The second kappa shape index (κ2) is 5.70. The van der Waals surface area contributed by atoms with E-state index in [-0.39, 0.29) is 23.0 Å². The molecule has 0 saturated carbocycles. The van der Waals surface area contributed by atoms with Gasteiger partial charge in [0.15, 0.2) is 0 Å². The van der Waals surface area contributed by atoms with Crippen molar-refractivity contribution in [2.75, 3.05) is 0 Å². The lowest BCUT2D eigenvalue weighted by atomic mass is 9.83. The Morgan fingerprint density at radius 1 is 1.29 bits per heavy atom. The number of para-hydroxylation sites is 1. The molecule has 0 aliphatic carbocycles. The number of hydrogen-bond donors (Lipinski definition) is 1. The van der Waals surface area contributed by atoms with Crippen LogP contribution in [0.1, 0.15) is 65.5 Å². The van der Waals surface area contributed by atoms with E-state index in [4.69, 9.17) is 4.74 Å². The first kappa shape index (κ1) is 15.9. The smallest absolute Gasteiger partial charge is 0.225 e. The van der Waals surface area contributed by atoms with Crippen LogP contribution in [0.3, 0.4) is 0 Å². The van der Waals surface area contributed by atoms with Crippen molar-refractivity contribution in [2.45, 2.75) is 65.5 Å². The summed E-state index contributed by atoms with van der Waals surface area (Å²) < 4.78 is 6.26. The number of nitrogens with one attached hydrogen (secondary N) is 1. The second-order valence-corrected chi connectivity index (χ2v) is 7.01. The number of carbonyl (C=O) groups excluding carboxylic acids is 1. The van der Waals surface area contributed by atoms with Crippen LogP contribution in [-0.2, 0) is 4.79 Å². The number of amides is 1. The molecule has 0 saturated heterocycles. The molecule has 2 rings (SSSR count). The maximum Gasteiger partial charge on any atom is 0.225 e. The SMILES string of the molecule is CCC1(CC)C[C@H](NC(=O)C(C)(C)C)c2ccccc2O1. The number of carbonyl (C=O) groups is 1. The van der Waals surface area contributed by atoms with Gasteiger partial charge in [0.05, 0.1) is 6.04 Å². The van der Waals surface area contributed by atoms with Gasteiger partial charge in [-0.1, -0.05) is 52.8 Å². The molecule has 1 atom stereocenters. The Morgan fingerprint density at radius 3 is 2.48 bits per heavy atom. The molecule has 1 heterocycles. The third-order valence-electron chi connectivity index (χ3n) is 4.47. The standard InChI is InChI=1S/C18H27NO2/c1-6-18(7-2)12-14(19-16(20)17(3,4)5)13-10-8-9-11-15(13)21-18/h8-11,14H,6-7,12H2,1-5H3,(H,19,20)/t14-/m0/s1. The highest BCUT2D eigenvalue weighted by Crippen LogP contribution is 2.42. The van der Waals surface area contributed by atoms with Gasteiger partial charge in [-0.2, -0.15) is 0 Å². The molecule has 0 bridgehead atoms. The summed E-state index contributed by atoms with van der Waals surface area (Å²) in [6, 6.07) is 8.08. The summed E-state index contributed by atoms with van der Waals surface area (Å²) in [5, 5.41) is 3.22. The highest BCUT2D eigenvalue weighted by Gasteiger charge is 2.39. The molecular weight excluding hydrogens is 262 g/mol. The first-order valence-electron chi connectivity index (χ1n) is 7.90. The van der Waals surface area contributed by atoms with Crippen LogP contribution in [0.25, 0.3) is 0 Å². The van der Waals surface area contributed by atoms with Gasteiger partial charge < -0.3 is 10.1 Å². The Balaban J connectivity index is 2.33. The molecule has 3 nitrogen and oxygen atoms in total. The first-order valence-corrected chi connectivity index (χ1v) is 7.90. The van der Waals surface area contributed by atoms with Crippen molar-refractivity contribution in [1.82, 2.24) is 5.32 Å². The number of hydrogen-bond acceptors (Lipinski definition) is 2. The molecule has 116 valence electrons. The molecule has 21 heavy (non-hydrogen) atoms. The van der Waals surface area contributed by atoms with Crippen molar-refractivity contribution in [3.63, 3.8) is 0 Å². The minimum Gasteiger partial charge on any atom is -0.487 e. The highest BCUT2D eigenvalue weighted by atomic mass is 16.5. The summed E-state index contributed by atoms with van der Waals surface area (Å²) in [6.07, 6.45) is 2.72. The van der Waals surface area contributed by atoms with E-state index in [1.165, 1.54) is 0 Å². The lowest BCUT2D eigenvalue weighted by Gasteiger charge is -2.42. The molecule has 0 fully saturated rings. The summed E-state index contributed by atoms with van der Waals surface area (Å²) in [5.74, 6) is 0.997. The Labute approximate surface area is 128 Å². The summed E-state index contributed by atoms with van der Waals surface area (Å²) in [5.41, 5.74) is 0.533. The average Bonchev–Trinajstić information content (AvgIpc) is 2.46. The van der Waals surface area contributed by atoms with Gasteiger partial charge in [-0.05, 0) is 18.9 Å². The van der Waals surface area contributed by atoms with E-state index in [9.17, 15) is 4.79 Å². The molecule has 1 amide bonds. The van der Waals surface area contributed by atoms with Gasteiger partial charge in [-0.3, -0.25) is 4.79 Å². The Morgan fingerprint density at radius 2 is 1.90 bits per heavy atom. The van der Waals surface area contributed by atoms with E-state index >= 15 is 0 Å². The summed E-state index contributed by atoms with van der Waals surface area (Å²) in [6.45, 7) is 10.1. The number of fused-ring (bicyclic) bond motifs is 1. The van der Waals surface area contributed by atoms with Gasteiger partial charge >= 0.3 is 0 Å². The van der Waals surface area contributed by atoms with Gasteiger partial charge in [0.25, 0.3) is 0 Å². The second-order valence-electron chi connectivity index (χ2n) is 7.01. The van der Waals surface area contributed by atoms with Gasteiger partial charge in [-0.25, -0.2) is 0 Å². The van der Waals surface area contributed by atoms with Crippen molar-refractivity contribution < 1.29 is 9.53 Å². The third kappa shape index (κ3) is 3.22. The van der Waals surface area contributed by atoms with Crippen LogP contribution in [-0.4, -0.2) is 11.5 Å². The summed E-state index contributed by atoms with van der Waals surface area (Å²) in [7, 11) is 0. The Kier molecular flexibility index (Phi) is 4.31. The average molecular weight is 289 g/mol. The van der Waals surface area contributed by atoms with E-state index < -0.39 is 0 Å². The van der Waals surface area contributed by atoms with Gasteiger partial charge in [-0.15, -0.1) is 0 Å². The van der Waals surface area contributed by atoms with E-state index in [2.05, 4.69) is 25.2 Å². The van der Waals surface area contributed by atoms with Crippen LogP contribution in [0, 0.1) is 5.41 Å². The Bertz CT molecular complexity index is 512. The topological polar surface area (TPSA) is 38.3 Å². The van der Waals surface area contributed by atoms with Gasteiger partial charge in [0.1, 0.15) is 11.4 Å². The molecule has 0 unspecified atom stereocenters. The van der Waals surface area contributed by atoms with Crippen molar-refractivity contribution in [3.8, 4) is 5.75 Å². The predicted octanol–water partition coefficient (Wildman–Crippen LogP) is 4.23. The van der Waals surface area contributed by atoms with E-state index in [1.54, 1.807) is 0 Å². The molecular formula is C18H27NO2. The molecule has 1 aliphatic rings. The fourth-order valence-corrected chi connectivity index (χ4v) is 2.80. The monoisotopic (exact) mass is 289 g/mol. The van der Waals surface area contributed by atoms with Crippen LogP contribution in [0.2, 0.25) is 0 Å². The summed E-state index contributed by atoms with van der Waals surface area (Å²) in [4.78, 5) is 12.4. The lowest BCUT2D eigenvalue weighted by molar-refractivity contribution is -0.130. The zero-order valence-electron chi connectivity index (χ0n) is 13.8. The van der Waals surface area contributed by atoms with Crippen LogP contribution in [0.15, 0.2) is 24.3 Å². The number of rotatable bonds is 3. The molecule has 1 aromatic carbocycles. The fourth-order valence-electron chi connectivity index (χ4n) is 2.80. The maximum atomic E-state index is 12.4. The highest BCUT2D eigenvalue weighted by molar-refractivity contribution is 5.81. The minimum atomic E-state index is -0.381. The van der Waals surface area contributed by atoms with Gasteiger partial charge in [0, 0.05) is 17.4 Å². The van der Waals surface area contributed by atoms with Gasteiger partial charge in [0.2, 0.25) is 5.91 Å². The molecule has 0 aromatic heterocycles. The van der Waals surface area contributed by atoms with Crippen molar-refractivity contribution >= 4 is 5.91 Å². The molecule has 0 spiro atoms. The zero-order chi connectivity index (χ0) is 15.7. The predicted molar refractivity (Wildman–Crippen MR) is 85.3 cm³/mol. The minimum absolute atomic E-state index is 0.0292. The van der Waals surface area contributed by atoms with E-state index in [1.807, 2.05) is 39.0 Å². The fraction of sp³-hybridized carbons (Fsp3) is 0.611. The van der Waals surface area contributed by atoms with Crippen LogP contribution in [0.5, 0.6) is 5.75 Å². The molecule has 0 radical (unpaired) electrons. The van der Waals surface area contributed by atoms with Crippen LogP contribution in [0.4, 0.5) is 0 Å². The molecule has 3 heteroatoms. The molecule has 1 N–H and O–H groups in total. The van der Waals surface area contributed by atoms with E-state index in [0.29, 0.717) is 0 Å². The molecule has 1 aromatic rings. The quantitative estimate of drug-likeness (QED) is 0.904. The number of benzene rings is 1. The molecule has 1 aliphatic heterocycles. The first-order chi connectivity index (χ1) is 9.81. The van der Waals surface area contributed by atoms with Crippen LogP contribution < -0.4 is 10.1 Å². The lowest BCUT2D eigenvalue weighted by Crippen LogP contribution is -2.46.